The van der Waals surface area contributed by atoms with Crippen LogP contribution in [0.5, 0.6) is 0 Å². The Morgan fingerprint density at radius 1 is 1.08 bits per heavy atom. The van der Waals surface area contributed by atoms with E-state index in [2.05, 4.69) is 10.3 Å². The molecule has 0 aromatic heterocycles. The molecule has 0 bridgehead atoms. The lowest BCUT2D eigenvalue weighted by molar-refractivity contribution is -0.121. The summed E-state index contributed by atoms with van der Waals surface area (Å²) in [6.07, 6.45) is 0.862. The van der Waals surface area contributed by atoms with Crippen molar-refractivity contribution in [3.05, 3.63) is 58.9 Å². The second-order valence-electron chi connectivity index (χ2n) is 6.07. The number of imide groups is 1. The summed E-state index contributed by atoms with van der Waals surface area (Å²) in [4.78, 5) is 26.7. The number of hydrogen-bond donors (Lipinski definition) is 0. The van der Waals surface area contributed by atoms with Crippen LogP contribution in [0.3, 0.4) is 0 Å². The highest BCUT2D eigenvalue weighted by molar-refractivity contribution is 6.31. The van der Waals surface area contributed by atoms with Crippen molar-refractivity contribution in [1.29, 1.82) is 0 Å². The van der Waals surface area contributed by atoms with Crippen LogP contribution in [0.15, 0.2) is 52.8 Å². The predicted molar refractivity (Wildman–Crippen MR) is 94.6 cm³/mol. The number of fused-ring (bicyclic) bond motifs is 1. The van der Waals surface area contributed by atoms with E-state index in [1.807, 2.05) is 19.1 Å². The van der Waals surface area contributed by atoms with E-state index in [0.29, 0.717) is 11.4 Å². The molecule has 2 atom stereocenters. The molecule has 0 radical (unpaired) electrons. The molecule has 1 saturated heterocycles. The van der Waals surface area contributed by atoms with Crippen molar-refractivity contribution in [3.8, 4) is 0 Å². The lowest BCUT2D eigenvalue weighted by Gasteiger charge is -2.21. The number of hydrogen-bond acceptors (Lipinski definition) is 5. The summed E-state index contributed by atoms with van der Waals surface area (Å²) >= 11 is 5.82. The Labute approximate surface area is 153 Å². The number of aryl methyl sites for hydroxylation is 1. The number of carbonyl (C=O) groups is 2. The molecule has 26 heavy (non-hydrogen) atoms. The number of anilines is 2. The molecule has 2 aliphatic heterocycles. The third-order valence-electron chi connectivity index (χ3n) is 4.55. The SMILES string of the molecule is CCc1ccc(N2C(=O)[C@@H]3N=NN(c4ccc(F)c(Cl)c4)[C@H]3C2=O)cc1. The first-order chi connectivity index (χ1) is 12.5. The highest BCUT2D eigenvalue weighted by Crippen LogP contribution is 2.36. The summed E-state index contributed by atoms with van der Waals surface area (Å²) in [5, 5.41) is 9.10. The molecule has 2 aromatic carbocycles. The van der Waals surface area contributed by atoms with Crippen LogP contribution in [-0.4, -0.2) is 23.9 Å². The van der Waals surface area contributed by atoms with Gasteiger partial charge in [0.15, 0.2) is 12.1 Å². The fraction of sp³-hybridized carbons (Fsp3) is 0.222. The van der Waals surface area contributed by atoms with E-state index in [1.165, 1.54) is 23.2 Å². The van der Waals surface area contributed by atoms with Gasteiger partial charge in [-0.3, -0.25) is 9.59 Å². The number of nitrogens with zero attached hydrogens (tertiary/aromatic N) is 4. The molecule has 2 aromatic rings. The Kier molecular flexibility index (Phi) is 3.96. The third-order valence-corrected chi connectivity index (χ3v) is 4.84. The minimum atomic E-state index is -0.919. The number of amides is 2. The Balaban J connectivity index is 1.67. The third kappa shape index (κ3) is 2.47. The summed E-state index contributed by atoms with van der Waals surface area (Å²) in [5.41, 5.74) is 2.01. The van der Waals surface area contributed by atoms with E-state index in [-0.39, 0.29) is 5.02 Å². The van der Waals surface area contributed by atoms with Crippen LogP contribution in [0.25, 0.3) is 0 Å². The average molecular weight is 373 g/mol. The van der Waals surface area contributed by atoms with Gasteiger partial charge in [-0.15, -0.1) is 0 Å². The number of halogens is 2. The summed E-state index contributed by atoms with van der Waals surface area (Å²) in [7, 11) is 0. The van der Waals surface area contributed by atoms with Crippen molar-refractivity contribution in [3.63, 3.8) is 0 Å². The van der Waals surface area contributed by atoms with Gasteiger partial charge in [0.05, 0.1) is 16.4 Å². The fourth-order valence-electron chi connectivity index (χ4n) is 3.14. The standard InChI is InChI=1S/C18H14ClFN4O2/c1-2-10-3-5-11(6-4-10)23-17(25)15-16(18(23)26)24(22-21-15)12-7-8-14(20)13(19)9-12/h3-9,15-16H,2H2,1H3/t15-,16-/m1/s1. The molecule has 0 saturated carbocycles. The van der Waals surface area contributed by atoms with E-state index in [9.17, 15) is 14.0 Å². The molecule has 2 aliphatic rings. The molecule has 0 unspecified atom stereocenters. The molecule has 8 heteroatoms. The van der Waals surface area contributed by atoms with Gasteiger partial charge < -0.3 is 0 Å². The van der Waals surface area contributed by atoms with Crippen LogP contribution in [0.2, 0.25) is 5.02 Å². The first kappa shape index (κ1) is 16.7. The summed E-state index contributed by atoms with van der Waals surface area (Å²) < 4.78 is 13.4. The Morgan fingerprint density at radius 2 is 1.77 bits per heavy atom. The smallest absolute Gasteiger partial charge is 0.263 e. The van der Waals surface area contributed by atoms with Crippen LogP contribution in [0, 0.1) is 5.82 Å². The average Bonchev–Trinajstić information content (AvgIpc) is 3.18. The molecular weight excluding hydrogens is 359 g/mol. The number of rotatable bonds is 3. The van der Waals surface area contributed by atoms with Gasteiger partial charge in [0.1, 0.15) is 5.82 Å². The zero-order valence-electron chi connectivity index (χ0n) is 13.8. The van der Waals surface area contributed by atoms with Gasteiger partial charge in [-0.05, 0) is 42.3 Å². The topological polar surface area (TPSA) is 65.3 Å². The maximum absolute atomic E-state index is 13.4. The summed E-state index contributed by atoms with van der Waals surface area (Å²) in [6.45, 7) is 2.03. The minimum absolute atomic E-state index is 0.0927. The van der Waals surface area contributed by atoms with Crippen molar-refractivity contribution >= 4 is 34.8 Å². The second kappa shape index (κ2) is 6.17. The molecular formula is C18H14ClFN4O2. The minimum Gasteiger partial charge on any atom is -0.271 e. The maximum Gasteiger partial charge on any atom is 0.263 e. The van der Waals surface area contributed by atoms with Crippen LogP contribution in [0.4, 0.5) is 15.8 Å². The maximum atomic E-state index is 13.4. The lowest BCUT2D eigenvalue weighted by atomic mass is 10.1. The van der Waals surface area contributed by atoms with Gasteiger partial charge in [0, 0.05) is 0 Å². The molecule has 132 valence electrons. The predicted octanol–water partition coefficient (Wildman–Crippen LogP) is 3.54. The first-order valence-corrected chi connectivity index (χ1v) is 8.51. The molecule has 0 aliphatic carbocycles. The van der Waals surface area contributed by atoms with Crippen molar-refractivity contribution in [2.45, 2.75) is 25.4 Å². The fourth-order valence-corrected chi connectivity index (χ4v) is 3.31. The lowest BCUT2D eigenvalue weighted by Crippen LogP contribution is -2.39. The highest BCUT2D eigenvalue weighted by Gasteiger charge is 2.55. The van der Waals surface area contributed by atoms with Gasteiger partial charge in [-0.2, -0.15) is 5.11 Å². The Hall–Kier alpha value is -2.80. The summed E-state index contributed by atoms with van der Waals surface area (Å²) in [6, 6.07) is 9.41. The molecule has 6 nitrogen and oxygen atoms in total. The highest BCUT2D eigenvalue weighted by atomic mass is 35.5. The van der Waals surface area contributed by atoms with Gasteiger partial charge in [-0.1, -0.05) is 35.9 Å². The molecule has 1 fully saturated rings. The molecule has 0 N–H and O–H groups in total. The van der Waals surface area contributed by atoms with E-state index in [1.54, 1.807) is 12.1 Å². The summed E-state index contributed by atoms with van der Waals surface area (Å²) in [5.74, 6) is -1.42. The Bertz CT molecular complexity index is 931. The van der Waals surface area contributed by atoms with E-state index >= 15 is 0 Å². The van der Waals surface area contributed by atoms with Crippen molar-refractivity contribution in [1.82, 2.24) is 0 Å². The van der Waals surface area contributed by atoms with Gasteiger partial charge in [0.2, 0.25) is 0 Å². The molecule has 0 spiro atoms. The van der Waals surface area contributed by atoms with Gasteiger partial charge in [0.25, 0.3) is 11.8 Å². The molecule has 4 rings (SSSR count). The van der Waals surface area contributed by atoms with Gasteiger partial charge >= 0.3 is 0 Å². The monoisotopic (exact) mass is 372 g/mol. The largest absolute Gasteiger partial charge is 0.271 e. The van der Waals surface area contributed by atoms with Crippen LogP contribution in [-0.2, 0) is 16.0 Å². The van der Waals surface area contributed by atoms with Crippen LogP contribution < -0.4 is 9.91 Å². The van der Waals surface area contributed by atoms with E-state index in [4.69, 9.17) is 11.6 Å². The van der Waals surface area contributed by atoms with E-state index in [0.717, 1.165) is 16.9 Å². The number of carbonyl (C=O) groups excluding carboxylic acids is 2. The van der Waals surface area contributed by atoms with Crippen molar-refractivity contribution in [2.75, 3.05) is 9.91 Å². The quantitative estimate of drug-likeness (QED) is 0.774. The first-order valence-electron chi connectivity index (χ1n) is 8.13. The van der Waals surface area contributed by atoms with Crippen molar-refractivity contribution < 1.29 is 14.0 Å². The normalized spacial score (nSPS) is 21.7. The van der Waals surface area contributed by atoms with E-state index < -0.39 is 29.7 Å². The molecule has 2 heterocycles. The van der Waals surface area contributed by atoms with Crippen molar-refractivity contribution in [2.24, 2.45) is 10.3 Å². The molecule has 2 amide bonds. The van der Waals surface area contributed by atoms with Crippen LogP contribution in [0.1, 0.15) is 12.5 Å². The Morgan fingerprint density at radius 3 is 2.42 bits per heavy atom. The zero-order valence-corrected chi connectivity index (χ0v) is 14.5. The van der Waals surface area contributed by atoms with Gasteiger partial charge in [-0.25, -0.2) is 14.3 Å². The second-order valence-corrected chi connectivity index (χ2v) is 6.48. The zero-order chi connectivity index (χ0) is 18.4. The van der Waals surface area contributed by atoms with Crippen LogP contribution >= 0.6 is 11.6 Å². The number of benzene rings is 2.